The molecule has 0 saturated heterocycles. The molecule has 0 saturated carbocycles. The van der Waals surface area contributed by atoms with Crippen LogP contribution in [-0.2, 0) is 11.3 Å². The lowest BCUT2D eigenvalue weighted by molar-refractivity contribution is -0.127. The number of carbonyl (C=O) groups is 1. The fourth-order valence-corrected chi connectivity index (χ4v) is 4.67. The Morgan fingerprint density at radius 3 is 2.63 bits per heavy atom. The molecule has 5 nitrogen and oxygen atoms in total. The molecule has 3 aromatic rings. The first kappa shape index (κ1) is 19.6. The summed E-state index contributed by atoms with van der Waals surface area (Å²) >= 11 is 3.12. The van der Waals surface area contributed by atoms with Crippen molar-refractivity contribution in [3.05, 3.63) is 57.0 Å². The highest BCUT2D eigenvalue weighted by Crippen LogP contribution is 2.25. The highest BCUT2D eigenvalue weighted by atomic mass is 32.2. The monoisotopic (exact) mass is 400 g/mol. The van der Waals surface area contributed by atoms with E-state index in [1.54, 1.807) is 16.2 Å². The predicted molar refractivity (Wildman–Crippen MR) is 112 cm³/mol. The van der Waals surface area contributed by atoms with Gasteiger partial charge in [0, 0.05) is 11.9 Å². The molecule has 0 aliphatic carbocycles. The van der Waals surface area contributed by atoms with Crippen LogP contribution in [-0.4, -0.2) is 38.4 Å². The van der Waals surface area contributed by atoms with Crippen LogP contribution >= 0.6 is 23.1 Å². The van der Waals surface area contributed by atoms with Crippen LogP contribution in [0.15, 0.2) is 34.8 Å². The summed E-state index contributed by atoms with van der Waals surface area (Å²) in [5.74, 6) is 1.24. The van der Waals surface area contributed by atoms with E-state index < -0.39 is 0 Å². The number of nitrogens with zero attached hydrogens (tertiary/aromatic N) is 4. The van der Waals surface area contributed by atoms with Gasteiger partial charge in [-0.1, -0.05) is 23.9 Å². The lowest BCUT2D eigenvalue weighted by Gasteiger charge is -2.17. The molecule has 2 heterocycles. The van der Waals surface area contributed by atoms with Crippen molar-refractivity contribution in [2.45, 2.75) is 39.4 Å². The van der Waals surface area contributed by atoms with Crippen molar-refractivity contribution in [2.75, 3.05) is 12.8 Å². The van der Waals surface area contributed by atoms with Crippen molar-refractivity contribution < 1.29 is 4.79 Å². The Kier molecular flexibility index (Phi) is 6.01. The van der Waals surface area contributed by atoms with Gasteiger partial charge in [-0.05, 0) is 61.9 Å². The van der Waals surface area contributed by atoms with E-state index in [0.717, 1.165) is 22.2 Å². The first-order valence-corrected chi connectivity index (χ1v) is 10.6. The van der Waals surface area contributed by atoms with Crippen molar-refractivity contribution >= 4 is 29.0 Å². The van der Waals surface area contributed by atoms with Gasteiger partial charge < -0.3 is 4.90 Å². The molecule has 0 aliphatic heterocycles. The van der Waals surface area contributed by atoms with Crippen molar-refractivity contribution in [2.24, 2.45) is 0 Å². The Morgan fingerprint density at radius 2 is 1.93 bits per heavy atom. The number of benzene rings is 1. The van der Waals surface area contributed by atoms with Crippen molar-refractivity contribution in [1.29, 1.82) is 0 Å². The molecular weight excluding hydrogens is 376 g/mol. The summed E-state index contributed by atoms with van der Waals surface area (Å²) in [5, 5.41) is 11.3. The maximum Gasteiger partial charge on any atom is 0.233 e. The minimum Gasteiger partial charge on any atom is -0.340 e. The fraction of sp³-hybridized carbons (Fsp3) is 0.350. The highest BCUT2D eigenvalue weighted by molar-refractivity contribution is 7.99. The van der Waals surface area contributed by atoms with Crippen LogP contribution < -0.4 is 0 Å². The molecule has 3 rings (SSSR count). The number of thioether (sulfide) groups is 1. The quantitative estimate of drug-likeness (QED) is 0.579. The highest BCUT2D eigenvalue weighted by Gasteiger charge is 2.17. The van der Waals surface area contributed by atoms with E-state index in [1.807, 2.05) is 18.5 Å². The predicted octanol–water partition coefficient (Wildman–Crippen LogP) is 4.31. The third-order valence-corrected chi connectivity index (χ3v) is 6.42. The molecule has 7 heteroatoms. The standard InChI is InChI=1S/C20H24N4OS2/c1-13-6-7-14(2)17(10-13)24-16(4)21-22-20(24)27-12-19(25)23(5)11-18-15(3)8-9-26-18/h6-10H,11-12H2,1-5H3. The molecule has 27 heavy (non-hydrogen) atoms. The lowest BCUT2D eigenvalue weighted by atomic mass is 10.1. The van der Waals surface area contributed by atoms with Gasteiger partial charge in [0.25, 0.3) is 0 Å². The maximum absolute atomic E-state index is 12.6. The normalized spacial score (nSPS) is 11.0. The Labute approximate surface area is 168 Å². The number of amides is 1. The largest absolute Gasteiger partial charge is 0.340 e. The summed E-state index contributed by atoms with van der Waals surface area (Å²) in [5.41, 5.74) is 4.64. The first-order chi connectivity index (χ1) is 12.9. The zero-order valence-corrected chi connectivity index (χ0v) is 17.9. The van der Waals surface area contributed by atoms with Gasteiger partial charge in [0.05, 0.1) is 18.0 Å². The van der Waals surface area contributed by atoms with Crippen LogP contribution in [0.1, 0.15) is 27.4 Å². The number of carbonyl (C=O) groups excluding carboxylic acids is 1. The number of aryl methyl sites for hydroxylation is 4. The molecular formula is C20H24N4OS2. The van der Waals surface area contributed by atoms with Gasteiger partial charge in [-0.15, -0.1) is 21.5 Å². The van der Waals surface area contributed by atoms with Gasteiger partial charge in [-0.25, -0.2) is 0 Å². The summed E-state index contributed by atoms with van der Waals surface area (Å²) in [6.07, 6.45) is 0. The maximum atomic E-state index is 12.6. The van der Waals surface area contributed by atoms with E-state index in [4.69, 9.17) is 0 Å². The van der Waals surface area contributed by atoms with Crippen LogP contribution in [0.5, 0.6) is 0 Å². The second kappa shape index (κ2) is 8.27. The summed E-state index contributed by atoms with van der Waals surface area (Å²) in [7, 11) is 1.85. The SMILES string of the molecule is Cc1ccc(C)c(-n2c(C)nnc2SCC(=O)N(C)Cc2sccc2C)c1. The van der Waals surface area contributed by atoms with Crippen LogP contribution in [0, 0.1) is 27.7 Å². The fourth-order valence-electron chi connectivity index (χ4n) is 2.78. The molecule has 142 valence electrons. The van der Waals surface area contributed by atoms with Gasteiger partial charge in [0.1, 0.15) is 5.82 Å². The molecule has 2 aromatic heterocycles. The zero-order valence-electron chi connectivity index (χ0n) is 16.3. The Morgan fingerprint density at radius 1 is 1.15 bits per heavy atom. The van der Waals surface area contributed by atoms with E-state index in [0.29, 0.717) is 12.3 Å². The van der Waals surface area contributed by atoms with E-state index in [9.17, 15) is 4.79 Å². The van der Waals surface area contributed by atoms with Crippen molar-refractivity contribution in [3.63, 3.8) is 0 Å². The Bertz CT molecular complexity index is 961. The van der Waals surface area contributed by atoms with Crippen LogP contribution in [0.4, 0.5) is 0 Å². The van der Waals surface area contributed by atoms with Gasteiger partial charge in [-0.2, -0.15) is 0 Å². The topological polar surface area (TPSA) is 51.0 Å². The van der Waals surface area contributed by atoms with E-state index in [2.05, 4.69) is 60.6 Å². The average Bonchev–Trinajstić information content (AvgIpc) is 3.20. The molecule has 0 spiro atoms. The van der Waals surface area contributed by atoms with Crippen LogP contribution in [0.25, 0.3) is 5.69 Å². The Hall–Kier alpha value is -2.12. The summed E-state index contributed by atoms with van der Waals surface area (Å²) in [6.45, 7) is 8.80. The second-order valence-corrected chi connectivity index (χ2v) is 8.66. The van der Waals surface area contributed by atoms with Crippen molar-refractivity contribution in [1.82, 2.24) is 19.7 Å². The van der Waals surface area contributed by atoms with E-state index in [1.165, 1.54) is 27.8 Å². The van der Waals surface area contributed by atoms with Gasteiger partial charge in [0.2, 0.25) is 5.91 Å². The zero-order chi connectivity index (χ0) is 19.6. The summed E-state index contributed by atoms with van der Waals surface area (Å²) < 4.78 is 2.03. The average molecular weight is 401 g/mol. The van der Waals surface area contributed by atoms with Gasteiger partial charge in [0.15, 0.2) is 5.16 Å². The van der Waals surface area contributed by atoms with E-state index >= 15 is 0 Å². The molecule has 0 atom stereocenters. The van der Waals surface area contributed by atoms with Crippen molar-refractivity contribution in [3.8, 4) is 5.69 Å². The first-order valence-electron chi connectivity index (χ1n) is 8.76. The van der Waals surface area contributed by atoms with Crippen LogP contribution in [0.2, 0.25) is 0 Å². The smallest absolute Gasteiger partial charge is 0.233 e. The van der Waals surface area contributed by atoms with E-state index in [-0.39, 0.29) is 5.91 Å². The molecule has 0 radical (unpaired) electrons. The molecule has 0 fully saturated rings. The third-order valence-electron chi connectivity index (χ3n) is 4.50. The van der Waals surface area contributed by atoms with Gasteiger partial charge >= 0.3 is 0 Å². The molecule has 0 aliphatic rings. The lowest BCUT2D eigenvalue weighted by Crippen LogP contribution is -2.27. The molecule has 1 amide bonds. The second-order valence-electron chi connectivity index (χ2n) is 6.72. The molecule has 0 unspecified atom stereocenters. The number of hydrogen-bond acceptors (Lipinski definition) is 5. The number of aromatic nitrogens is 3. The number of rotatable bonds is 6. The molecule has 0 bridgehead atoms. The number of hydrogen-bond donors (Lipinski definition) is 0. The van der Waals surface area contributed by atoms with Crippen LogP contribution in [0.3, 0.4) is 0 Å². The minimum atomic E-state index is 0.0842. The summed E-state index contributed by atoms with van der Waals surface area (Å²) in [6, 6.07) is 8.41. The van der Waals surface area contributed by atoms with Gasteiger partial charge in [-0.3, -0.25) is 9.36 Å². The molecule has 0 N–H and O–H groups in total. The minimum absolute atomic E-state index is 0.0842. The Balaban J connectivity index is 1.72. The summed E-state index contributed by atoms with van der Waals surface area (Å²) in [4.78, 5) is 15.6. The number of thiophene rings is 1. The third kappa shape index (κ3) is 4.42. The molecule has 1 aromatic carbocycles.